The van der Waals surface area contributed by atoms with Crippen LogP contribution in [0.1, 0.15) is 0 Å². The Balaban J connectivity index is 2.53. The molecule has 0 bridgehead atoms. The van der Waals surface area contributed by atoms with Crippen molar-refractivity contribution < 1.29 is 14.3 Å². The number of carbonyl (C=O) groups excluding carboxylic acids is 2. The molecule has 0 spiro atoms. The Labute approximate surface area is 85.2 Å². The van der Waals surface area contributed by atoms with Crippen LogP contribution in [0, 0.1) is 4.91 Å². The molecule has 0 aliphatic carbocycles. The number of nitrogens with zero attached hydrogens (tertiary/aromatic N) is 1. The molecular formula is C9H8N2O4. The molecule has 0 aliphatic rings. The second-order valence-corrected chi connectivity index (χ2v) is 2.52. The number of ether oxygens (including phenoxy) is 1. The number of hydrogen-bond donors (Lipinski definition) is 1. The summed E-state index contributed by atoms with van der Waals surface area (Å²) in [6.45, 7) is -0.104. The van der Waals surface area contributed by atoms with Crippen molar-refractivity contribution in [3.8, 4) is 5.75 Å². The standard InChI is InChI=1S/C9H8N2O4/c12-6-5-10-9(13)15-8-3-1-7(11-14)2-4-8/h1-4,6H,5H2,(H,10,13). The average Bonchev–Trinajstić information content (AvgIpc) is 2.27. The summed E-state index contributed by atoms with van der Waals surface area (Å²) in [5, 5.41) is 4.88. The first kappa shape index (κ1) is 10.8. The van der Waals surface area contributed by atoms with E-state index in [4.69, 9.17) is 4.74 Å². The van der Waals surface area contributed by atoms with Gasteiger partial charge in [-0.2, -0.15) is 0 Å². The van der Waals surface area contributed by atoms with Gasteiger partial charge in [0.15, 0.2) is 0 Å². The number of carbonyl (C=O) groups is 2. The molecule has 1 aromatic rings. The maximum Gasteiger partial charge on any atom is 0.412 e. The van der Waals surface area contributed by atoms with Crippen LogP contribution in [0.4, 0.5) is 10.5 Å². The SMILES string of the molecule is O=CCNC(=O)Oc1ccc(N=O)cc1. The Morgan fingerprint density at radius 2 is 2.07 bits per heavy atom. The van der Waals surface area contributed by atoms with Gasteiger partial charge in [0.2, 0.25) is 0 Å². The van der Waals surface area contributed by atoms with Gasteiger partial charge in [0.1, 0.15) is 17.7 Å². The number of amides is 1. The van der Waals surface area contributed by atoms with Crippen LogP contribution < -0.4 is 10.1 Å². The Morgan fingerprint density at radius 1 is 1.40 bits per heavy atom. The van der Waals surface area contributed by atoms with Crippen LogP contribution in [0.2, 0.25) is 0 Å². The molecule has 0 aromatic heterocycles. The predicted molar refractivity (Wildman–Crippen MR) is 52.0 cm³/mol. The predicted octanol–water partition coefficient (Wildman–Crippen LogP) is 1.37. The van der Waals surface area contributed by atoms with Crippen LogP contribution in [0.3, 0.4) is 0 Å². The molecule has 6 heteroatoms. The Kier molecular flexibility index (Phi) is 3.96. The number of benzene rings is 1. The molecule has 15 heavy (non-hydrogen) atoms. The largest absolute Gasteiger partial charge is 0.412 e. The third kappa shape index (κ3) is 3.55. The third-order valence-electron chi connectivity index (χ3n) is 1.48. The lowest BCUT2D eigenvalue weighted by molar-refractivity contribution is -0.107. The van der Waals surface area contributed by atoms with E-state index in [1.807, 2.05) is 0 Å². The molecule has 0 fully saturated rings. The number of hydrogen-bond acceptors (Lipinski definition) is 5. The molecule has 0 saturated heterocycles. The zero-order valence-electron chi connectivity index (χ0n) is 7.67. The highest BCUT2D eigenvalue weighted by molar-refractivity contribution is 5.73. The Bertz CT molecular complexity index is 361. The summed E-state index contributed by atoms with van der Waals surface area (Å²) in [6, 6.07) is 5.68. The van der Waals surface area contributed by atoms with Crippen LogP contribution >= 0.6 is 0 Å². The topological polar surface area (TPSA) is 84.8 Å². The molecule has 1 amide bonds. The number of nitroso groups, excluding NO2 is 1. The molecule has 0 heterocycles. The summed E-state index contributed by atoms with van der Waals surface area (Å²) in [5.41, 5.74) is 0.246. The van der Waals surface area contributed by atoms with Crippen molar-refractivity contribution >= 4 is 18.1 Å². The number of nitrogens with one attached hydrogen (secondary N) is 1. The van der Waals surface area contributed by atoms with Crippen molar-refractivity contribution in [2.45, 2.75) is 0 Å². The third-order valence-corrected chi connectivity index (χ3v) is 1.48. The molecule has 1 rings (SSSR count). The first-order valence-electron chi connectivity index (χ1n) is 4.09. The van der Waals surface area contributed by atoms with E-state index in [9.17, 15) is 14.5 Å². The van der Waals surface area contributed by atoms with Crippen molar-refractivity contribution in [1.82, 2.24) is 5.32 Å². The molecule has 78 valence electrons. The molecule has 0 radical (unpaired) electrons. The van der Waals surface area contributed by atoms with Crippen molar-refractivity contribution in [2.75, 3.05) is 6.54 Å². The van der Waals surface area contributed by atoms with Crippen LogP contribution in [-0.2, 0) is 4.79 Å². The molecule has 1 N–H and O–H groups in total. The van der Waals surface area contributed by atoms with Crippen molar-refractivity contribution in [1.29, 1.82) is 0 Å². The van der Waals surface area contributed by atoms with Gasteiger partial charge < -0.3 is 14.8 Å². The first-order valence-corrected chi connectivity index (χ1v) is 4.09. The van der Waals surface area contributed by atoms with E-state index in [0.717, 1.165) is 0 Å². The molecule has 0 aliphatic heterocycles. The molecule has 0 unspecified atom stereocenters. The number of aldehydes is 1. The van der Waals surface area contributed by atoms with Crippen LogP contribution in [0.25, 0.3) is 0 Å². The first-order chi connectivity index (χ1) is 7.26. The summed E-state index contributed by atoms with van der Waals surface area (Å²) < 4.78 is 4.76. The van der Waals surface area contributed by atoms with Crippen molar-refractivity contribution in [3.63, 3.8) is 0 Å². The Morgan fingerprint density at radius 3 is 2.60 bits per heavy atom. The van der Waals surface area contributed by atoms with Gasteiger partial charge in [-0.1, -0.05) is 0 Å². The van der Waals surface area contributed by atoms with E-state index in [1.54, 1.807) is 0 Å². The highest BCUT2D eigenvalue weighted by atomic mass is 16.6. The van der Waals surface area contributed by atoms with E-state index < -0.39 is 6.09 Å². The van der Waals surface area contributed by atoms with Crippen LogP contribution in [0.5, 0.6) is 5.75 Å². The van der Waals surface area contributed by atoms with Gasteiger partial charge in [-0.05, 0) is 29.4 Å². The van der Waals surface area contributed by atoms with Gasteiger partial charge in [-0.15, -0.1) is 4.91 Å². The minimum atomic E-state index is -0.728. The molecule has 6 nitrogen and oxygen atoms in total. The monoisotopic (exact) mass is 208 g/mol. The van der Waals surface area contributed by atoms with Crippen LogP contribution in [0.15, 0.2) is 29.4 Å². The second-order valence-electron chi connectivity index (χ2n) is 2.52. The zero-order chi connectivity index (χ0) is 11.1. The minimum absolute atomic E-state index is 0.104. The highest BCUT2D eigenvalue weighted by Gasteiger charge is 2.02. The lowest BCUT2D eigenvalue weighted by Gasteiger charge is -2.03. The summed E-state index contributed by atoms with van der Waals surface area (Å²) in [5.74, 6) is 0.269. The van der Waals surface area contributed by atoms with Gasteiger partial charge >= 0.3 is 6.09 Å². The maximum absolute atomic E-state index is 10.9. The van der Waals surface area contributed by atoms with E-state index in [2.05, 4.69) is 10.5 Å². The van der Waals surface area contributed by atoms with Gasteiger partial charge in [0.25, 0.3) is 0 Å². The lowest BCUT2D eigenvalue weighted by Crippen LogP contribution is -2.28. The minimum Gasteiger partial charge on any atom is -0.410 e. The fourth-order valence-electron chi connectivity index (χ4n) is 0.843. The Hall–Kier alpha value is -2.24. The zero-order valence-corrected chi connectivity index (χ0v) is 7.67. The van der Waals surface area contributed by atoms with Gasteiger partial charge in [0.05, 0.1) is 6.54 Å². The highest BCUT2D eigenvalue weighted by Crippen LogP contribution is 2.17. The smallest absolute Gasteiger partial charge is 0.410 e. The summed E-state index contributed by atoms with van der Waals surface area (Å²) in [7, 11) is 0. The molecule has 1 aromatic carbocycles. The fraction of sp³-hybridized carbons (Fsp3) is 0.111. The molecule has 0 saturated carbocycles. The second kappa shape index (κ2) is 5.48. The lowest BCUT2D eigenvalue weighted by atomic mass is 10.3. The van der Waals surface area contributed by atoms with Gasteiger partial charge in [-0.25, -0.2) is 4.79 Å². The van der Waals surface area contributed by atoms with E-state index in [-0.39, 0.29) is 18.0 Å². The molecular weight excluding hydrogens is 200 g/mol. The van der Waals surface area contributed by atoms with Gasteiger partial charge in [0, 0.05) is 0 Å². The number of rotatable bonds is 4. The average molecular weight is 208 g/mol. The summed E-state index contributed by atoms with van der Waals surface area (Å²) >= 11 is 0. The normalized spacial score (nSPS) is 9.07. The van der Waals surface area contributed by atoms with E-state index >= 15 is 0 Å². The summed E-state index contributed by atoms with van der Waals surface area (Å²) in [6.07, 6.45) is -0.186. The van der Waals surface area contributed by atoms with E-state index in [0.29, 0.717) is 6.29 Å². The maximum atomic E-state index is 10.9. The molecule has 0 atom stereocenters. The van der Waals surface area contributed by atoms with Gasteiger partial charge in [-0.3, -0.25) is 0 Å². The van der Waals surface area contributed by atoms with E-state index in [1.165, 1.54) is 24.3 Å². The summed E-state index contributed by atoms with van der Waals surface area (Å²) in [4.78, 5) is 30.9. The fourth-order valence-corrected chi connectivity index (χ4v) is 0.843. The quantitative estimate of drug-likeness (QED) is 0.598. The van der Waals surface area contributed by atoms with Crippen molar-refractivity contribution in [3.05, 3.63) is 29.2 Å². The van der Waals surface area contributed by atoms with Crippen LogP contribution in [-0.4, -0.2) is 18.9 Å². The van der Waals surface area contributed by atoms with Crippen molar-refractivity contribution in [2.24, 2.45) is 5.18 Å².